The fourth-order valence-electron chi connectivity index (χ4n) is 2.51. The van der Waals surface area contributed by atoms with Gasteiger partial charge in [-0.05, 0) is 24.0 Å². The Morgan fingerprint density at radius 1 is 1.06 bits per heavy atom. The Morgan fingerprint density at radius 3 is 2.44 bits per heavy atom. The van der Waals surface area contributed by atoms with Crippen LogP contribution in [0, 0.1) is 0 Å². The van der Waals surface area contributed by atoms with Crippen molar-refractivity contribution in [1.82, 2.24) is 10.2 Å². The second-order valence-corrected chi connectivity index (χ2v) is 6.07. The molecule has 0 aliphatic heterocycles. The molecule has 0 spiro atoms. The molecule has 1 saturated carbocycles. The number of nitrogens with zero attached hydrogens (tertiary/aromatic N) is 2. The average Bonchev–Trinajstić information content (AvgIpc) is 2.99. The van der Waals surface area contributed by atoms with Crippen LogP contribution in [0.3, 0.4) is 0 Å². The summed E-state index contributed by atoms with van der Waals surface area (Å²) in [6.45, 7) is 0. The van der Waals surface area contributed by atoms with Gasteiger partial charge in [0.2, 0.25) is 0 Å². The van der Waals surface area contributed by atoms with Crippen molar-refractivity contribution in [2.75, 3.05) is 0 Å². The van der Waals surface area contributed by atoms with Crippen molar-refractivity contribution in [2.24, 2.45) is 0 Å². The molecule has 0 amide bonds. The van der Waals surface area contributed by atoms with E-state index in [2.05, 4.69) is 34.5 Å². The lowest BCUT2D eigenvalue weighted by atomic mass is 10.1. The minimum Gasteiger partial charge on any atom is -0.465 e. The maximum Gasteiger partial charge on any atom is 0.294 e. The van der Waals surface area contributed by atoms with Crippen molar-refractivity contribution < 1.29 is 4.74 Å². The molecule has 0 N–H and O–H groups in total. The lowest BCUT2D eigenvalue weighted by molar-refractivity contribution is 0.211. The first-order chi connectivity index (χ1) is 8.88. The third kappa shape index (κ3) is 1.90. The highest BCUT2D eigenvalue weighted by Crippen LogP contribution is 2.42. The van der Waals surface area contributed by atoms with E-state index >= 15 is 0 Å². The molecule has 0 radical (unpaired) electrons. The van der Waals surface area contributed by atoms with E-state index in [-0.39, 0.29) is 6.10 Å². The Hall–Kier alpha value is -1.42. The van der Waals surface area contributed by atoms with Crippen molar-refractivity contribution >= 4 is 11.3 Å². The summed E-state index contributed by atoms with van der Waals surface area (Å²) in [5.74, 6) is 0.667. The van der Waals surface area contributed by atoms with Crippen molar-refractivity contribution in [3.8, 4) is 5.19 Å². The van der Waals surface area contributed by atoms with Crippen LogP contribution in [-0.4, -0.2) is 16.3 Å². The van der Waals surface area contributed by atoms with Crippen LogP contribution in [0.2, 0.25) is 0 Å². The van der Waals surface area contributed by atoms with E-state index in [0.717, 1.165) is 23.0 Å². The minimum atomic E-state index is 0.238. The summed E-state index contributed by atoms with van der Waals surface area (Å²) in [6, 6.07) is 8.57. The molecule has 2 aliphatic carbocycles. The van der Waals surface area contributed by atoms with Crippen molar-refractivity contribution in [3.05, 3.63) is 40.4 Å². The molecule has 0 saturated heterocycles. The Labute approximate surface area is 110 Å². The van der Waals surface area contributed by atoms with E-state index in [1.54, 1.807) is 11.3 Å². The van der Waals surface area contributed by atoms with Gasteiger partial charge in [0, 0.05) is 18.8 Å². The summed E-state index contributed by atoms with van der Waals surface area (Å²) < 4.78 is 5.96. The Kier molecular flexibility index (Phi) is 2.36. The summed E-state index contributed by atoms with van der Waals surface area (Å²) in [5, 5.41) is 10.3. The van der Waals surface area contributed by atoms with E-state index < -0.39 is 0 Å². The van der Waals surface area contributed by atoms with Crippen molar-refractivity contribution in [1.29, 1.82) is 0 Å². The van der Waals surface area contributed by atoms with E-state index in [1.165, 1.54) is 24.0 Å². The molecule has 1 aromatic carbocycles. The highest BCUT2D eigenvalue weighted by molar-refractivity contribution is 7.13. The molecule has 4 rings (SSSR count). The van der Waals surface area contributed by atoms with Crippen molar-refractivity contribution in [3.63, 3.8) is 0 Å². The average molecular weight is 258 g/mol. The first kappa shape index (κ1) is 10.5. The highest BCUT2D eigenvalue weighted by atomic mass is 32.1. The highest BCUT2D eigenvalue weighted by Gasteiger charge is 2.29. The van der Waals surface area contributed by atoms with Gasteiger partial charge >= 0.3 is 0 Å². The molecular formula is C14H14N2OS. The van der Waals surface area contributed by atoms with Crippen LogP contribution >= 0.6 is 11.3 Å². The fourth-order valence-corrected chi connectivity index (χ4v) is 3.44. The molecule has 18 heavy (non-hydrogen) atoms. The van der Waals surface area contributed by atoms with Crippen LogP contribution in [-0.2, 0) is 12.8 Å². The van der Waals surface area contributed by atoms with Gasteiger partial charge in [-0.2, -0.15) is 0 Å². The van der Waals surface area contributed by atoms with Gasteiger partial charge in [-0.25, -0.2) is 0 Å². The summed E-state index contributed by atoms with van der Waals surface area (Å²) in [7, 11) is 0. The lowest BCUT2D eigenvalue weighted by Crippen LogP contribution is -2.16. The Morgan fingerprint density at radius 2 is 1.78 bits per heavy atom. The SMILES string of the molecule is c1ccc2c(c1)CC(Oc1nnc(C3CC3)s1)C2. The summed E-state index contributed by atoms with van der Waals surface area (Å²) in [5.41, 5.74) is 2.82. The number of aromatic nitrogens is 2. The Balaban J connectivity index is 1.46. The van der Waals surface area contributed by atoms with Gasteiger partial charge in [0.25, 0.3) is 5.19 Å². The molecule has 0 bridgehead atoms. The zero-order valence-corrected chi connectivity index (χ0v) is 10.8. The standard InChI is InChI=1S/C14H14N2OS/c1-2-4-11-8-12(7-10(11)3-1)17-14-16-15-13(18-14)9-5-6-9/h1-4,9,12H,5-8H2. The van der Waals surface area contributed by atoms with Crippen LogP contribution < -0.4 is 4.74 Å². The summed E-state index contributed by atoms with van der Waals surface area (Å²) in [6.07, 6.45) is 4.76. The molecule has 1 heterocycles. The molecule has 4 heteroatoms. The van der Waals surface area contributed by atoms with E-state index in [4.69, 9.17) is 4.74 Å². The predicted molar refractivity (Wildman–Crippen MR) is 70.2 cm³/mol. The summed E-state index contributed by atoms with van der Waals surface area (Å²) >= 11 is 1.62. The number of rotatable bonds is 3. The first-order valence-electron chi connectivity index (χ1n) is 6.45. The molecule has 2 aromatic rings. The first-order valence-corrected chi connectivity index (χ1v) is 7.27. The third-order valence-corrected chi connectivity index (χ3v) is 4.61. The maximum absolute atomic E-state index is 5.96. The van der Waals surface area contributed by atoms with Gasteiger partial charge in [0.05, 0.1) is 0 Å². The van der Waals surface area contributed by atoms with Gasteiger partial charge in [-0.3, -0.25) is 0 Å². The number of hydrogen-bond acceptors (Lipinski definition) is 4. The topological polar surface area (TPSA) is 35.0 Å². The quantitative estimate of drug-likeness (QED) is 0.849. The normalized spacial score (nSPS) is 18.9. The largest absolute Gasteiger partial charge is 0.465 e. The number of hydrogen-bond donors (Lipinski definition) is 0. The molecule has 92 valence electrons. The second-order valence-electron chi connectivity index (χ2n) is 5.10. The van der Waals surface area contributed by atoms with Gasteiger partial charge < -0.3 is 4.74 Å². The second kappa shape index (κ2) is 4.05. The number of benzene rings is 1. The molecule has 3 nitrogen and oxygen atoms in total. The third-order valence-electron chi connectivity index (χ3n) is 3.63. The van der Waals surface area contributed by atoms with Crippen LogP contribution in [0.4, 0.5) is 0 Å². The van der Waals surface area contributed by atoms with Gasteiger partial charge in [0.1, 0.15) is 11.1 Å². The van der Waals surface area contributed by atoms with Gasteiger partial charge in [0.15, 0.2) is 0 Å². The van der Waals surface area contributed by atoms with E-state index in [1.807, 2.05) is 0 Å². The molecule has 0 unspecified atom stereocenters. The fraction of sp³-hybridized carbons (Fsp3) is 0.429. The van der Waals surface area contributed by atoms with Crippen molar-refractivity contribution in [2.45, 2.75) is 37.7 Å². The Bertz CT molecular complexity index is 552. The molecule has 1 aromatic heterocycles. The monoisotopic (exact) mass is 258 g/mol. The van der Waals surface area contributed by atoms with Gasteiger partial charge in [-0.15, -0.1) is 10.2 Å². The van der Waals surface area contributed by atoms with E-state index in [0.29, 0.717) is 5.92 Å². The van der Waals surface area contributed by atoms with Crippen LogP contribution in [0.1, 0.15) is 34.9 Å². The predicted octanol–water partition coefficient (Wildman–Crippen LogP) is 2.96. The molecule has 1 fully saturated rings. The molecular weight excluding hydrogens is 244 g/mol. The molecule has 2 aliphatic rings. The number of fused-ring (bicyclic) bond motifs is 1. The van der Waals surface area contributed by atoms with Crippen LogP contribution in [0.5, 0.6) is 5.19 Å². The smallest absolute Gasteiger partial charge is 0.294 e. The lowest BCUT2D eigenvalue weighted by Gasteiger charge is -2.08. The zero-order chi connectivity index (χ0) is 11.9. The zero-order valence-electron chi connectivity index (χ0n) is 10.0. The van der Waals surface area contributed by atoms with Crippen LogP contribution in [0.25, 0.3) is 0 Å². The van der Waals surface area contributed by atoms with E-state index in [9.17, 15) is 0 Å². The molecule has 0 atom stereocenters. The number of ether oxygens (including phenoxy) is 1. The summed E-state index contributed by atoms with van der Waals surface area (Å²) in [4.78, 5) is 0. The van der Waals surface area contributed by atoms with Gasteiger partial charge in [-0.1, -0.05) is 35.6 Å². The maximum atomic E-state index is 5.96. The minimum absolute atomic E-state index is 0.238. The van der Waals surface area contributed by atoms with Crippen LogP contribution in [0.15, 0.2) is 24.3 Å².